The number of nitrogens with two attached hydrogens (primary N) is 1. The Kier molecular flexibility index (Phi) is 5.46. The molecule has 0 aliphatic carbocycles. The molecule has 0 atom stereocenters. The predicted molar refractivity (Wildman–Crippen MR) is 95.6 cm³/mol. The molecule has 0 spiro atoms. The van der Waals surface area contributed by atoms with Crippen molar-refractivity contribution in [2.75, 3.05) is 31.3 Å². The number of rotatable bonds is 5. The number of benzene rings is 1. The summed E-state index contributed by atoms with van der Waals surface area (Å²) >= 11 is 0. The molecule has 1 aromatic carbocycles. The highest BCUT2D eigenvalue weighted by atomic mass is 16.5. The molecular weight excluding hydrogens is 306 g/mol. The van der Waals surface area contributed by atoms with Gasteiger partial charge in [0.25, 0.3) is 0 Å². The lowest BCUT2D eigenvalue weighted by Gasteiger charge is -2.17. The number of hydrogen-bond acceptors (Lipinski definition) is 4. The molecule has 2 rings (SSSR count). The number of anilines is 2. The molecular formula is C17H25N5O2. The van der Waals surface area contributed by atoms with Crippen LogP contribution < -0.4 is 16.4 Å². The lowest BCUT2D eigenvalue weighted by Crippen LogP contribution is -2.32. The van der Waals surface area contributed by atoms with Crippen molar-refractivity contribution in [3.8, 4) is 5.69 Å². The predicted octanol–water partition coefficient (Wildman–Crippen LogP) is 2.52. The number of carbonyl (C=O) groups excluding carboxylic acids is 1. The van der Waals surface area contributed by atoms with E-state index in [0.29, 0.717) is 24.7 Å². The molecule has 1 aromatic heterocycles. The van der Waals surface area contributed by atoms with E-state index in [4.69, 9.17) is 10.5 Å². The molecule has 7 nitrogen and oxygen atoms in total. The van der Waals surface area contributed by atoms with Gasteiger partial charge < -0.3 is 21.1 Å². The maximum absolute atomic E-state index is 12.1. The number of aromatic nitrogens is 2. The number of urea groups is 1. The van der Waals surface area contributed by atoms with Crippen LogP contribution in [0.15, 0.2) is 30.3 Å². The summed E-state index contributed by atoms with van der Waals surface area (Å²) in [6, 6.07) is 9.25. The van der Waals surface area contributed by atoms with Crippen molar-refractivity contribution in [3.05, 3.63) is 36.0 Å². The number of carbonyl (C=O) groups is 1. The first-order chi connectivity index (χ1) is 11.3. The first-order valence-electron chi connectivity index (χ1n) is 7.82. The lowest BCUT2D eigenvalue weighted by atomic mass is 9.91. The SMILES string of the molecule is COCCNC(=O)Nc1c(C(C)(C)C)nn(-c2ccccc2)c1N. The van der Waals surface area contributed by atoms with Crippen LogP contribution in [-0.2, 0) is 10.2 Å². The lowest BCUT2D eigenvalue weighted by molar-refractivity contribution is 0.198. The number of nitrogen functional groups attached to an aromatic ring is 1. The molecule has 0 saturated heterocycles. The van der Waals surface area contributed by atoms with Crippen LogP contribution in [0.2, 0.25) is 0 Å². The molecule has 7 heteroatoms. The molecule has 0 fully saturated rings. The fraction of sp³-hybridized carbons (Fsp3) is 0.412. The van der Waals surface area contributed by atoms with Gasteiger partial charge in [-0.3, -0.25) is 0 Å². The molecule has 2 aromatic rings. The quantitative estimate of drug-likeness (QED) is 0.734. The van der Waals surface area contributed by atoms with E-state index in [0.717, 1.165) is 11.4 Å². The van der Waals surface area contributed by atoms with Gasteiger partial charge in [-0.2, -0.15) is 5.10 Å². The van der Waals surface area contributed by atoms with Crippen molar-refractivity contribution >= 4 is 17.5 Å². The average Bonchev–Trinajstić information content (AvgIpc) is 2.86. The average molecular weight is 331 g/mol. The number of nitrogens with zero attached hydrogens (tertiary/aromatic N) is 2. The van der Waals surface area contributed by atoms with E-state index in [2.05, 4.69) is 15.7 Å². The van der Waals surface area contributed by atoms with Crippen molar-refractivity contribution < 1.29 is 9.53 Å². The Bertz CT molecular complexity index is 689. The van der Waals surface area contributed by atoms with Crippen molar-refractivity contribution in [1.29, 1.82) is 0 Å². The third-order valence-corrected chi connectivity index (χ3v) is 3.46. The summed E-state index contributed by atoms with van der Waals surface area (Å²) in [7, 11) is 1.58. The molecule has 1 heterocycles. The Labute approximate surface area is 142 Å². The van der Waals surface area contributed by atoms with Crippen LogP contribution in [0.4, 0.5) is 16.3 Å². The van der Waals surface area contributed by atoms with Crippen molar-refractivity contribution in [2.24, 2.45) is 0 Å². The zero-order valence-corrected chi connectivity index (χ0v) is 14.6. The molecule has 24 heavy (non-hydrogen) atoms. The van der Waals surface area contributed by atoms with Crippen molar-refractivity contribution in [2.45, 2.75) is 26.2 Å². The Morgan fingerprint density at radius 1 is 1.29 bits per heavy atom. The van der Waals surface area contributed by atoms with Gasteiger partial charge in [-0.15, -0.1) is 0 Å². The van der Waals surface area contributed by atoms with Gasteiger partial charge in [0, 0.05) is 19.1 Å². The molecule has 4 N–H and O–H groups in total. The summed E-state index contributed by atoms with van der Waals surface area (Å²) in [4.78, 5) is 12.1. The van der Waals surface area contributed by atoms with E-state index in [1.165, 1.54) is 0 Å². The third kappa shape index (κ3) is 4.05. The first kappa shape index (κ1) is 17.8. The number of nitrogens with one attached hydrogen (secondary N) is 2. The summed E-state index contributed by atoms with van der Waals surface area (Å²) in [6.45, 7) is 6.94. The minimum Gasteiger partial charge on any atom is -0.383 e. The van der Waals surface area contributed by atoms with Crippen LogP contribution in [0.5, 0.6) is 0 Å². The second-order valence-corrected chi connectivity index (χ2v) is 6.48. The standard InChI is InChI=1S/C17H25N5O2/c1-17(2,3)14-13(20-16(23)19-10-11-24-4)15(18)22(21-14)12-8-6-5-7-9-12/h5-9H,10-11,18H2,1-4H3,(H2,19,20,23). The van der Waals surface area contributed by atoms with Crippen LogP contribution in [-0.4, -0.2) is 36.1 Å². The summed E-state index contributed by atoms with van der Waals surface area (Å²) in [5.74, 6) is 0.396. The molecule has 0 bridgehead atoms. The monoisotopic (exact) mass is 331 g/mol. The van der Waals surface area contributed by atoms with E-state index in [1.807, 2.05) is 51.1 Å². The molecule has 2 amide bonds. The highest BCUT2D eigenvalue weighted by molar-refractivity contribution is 5.93. The van der Waals surface area contributed by atoms with E-state index in [-0.39, 0.29) is 11.4 Å². The highest BCUT2D eigenvalue weighted by Gasteiger charge is 2.27. The van der Waals surface area contributed by atoms with Crippen LogP contribution in [0.25, 0.3) is 5.69 Å². The smallest absolute Gasteiger partial charge is 0.319 e. The summed E-state index contributed by atoms with van der Waals surface area (Å²) in [5, 5.41) is 10.2. The summed E-state index contributed by atoms with van der Waals surface area (Å²) in [6.07, 6.45) is 0. The maximum atomic E-state index is 12.1. The molecule has 0 aliphatic rings. The van der Waals surface area contributed by atoms with E-state index < -0.39 is 0 Å². The van der Waals surface area contributed by atoms with Gasteiger partial charge in [-0.1, -0.05) is 39.0 Å². The molecule has 0 unspecified atom stereocenters. The van der Waals surface area contributed by atoms with Gasteiger partial charge in [-0.25, -0.2) is 9.48 Å². The van der Waals surface area contributed by atoms with Crippen molar-refractivity contribution in [3.63, 3.8) is 0 Å². The van der Waals surface area contributed by atoms with E-state index in [1.54, 1.807) is 11.8 Å². The van der Waals surface area contributed by atoms with Gasteiger partial charge >= 0.3 is 6.03 Å². The number of ether oxygens (including phenoxy) is 1. The van der Waals surface area contributed by atoms with Crippen molar-refractivity contribution in [1.82, 2.24) is 15.1 Å². The largest absolute Gasteiger partial charge is 0.383 e. The zero-order chi connectivity index (χ0) is 17.7. The third-order valence-electron chi connectivity index (χ3n) is 3.46. The normalized spacial score (nSPS) is 11.3. The second kappa shape index (κ2) is 7.35. The number of amides is 2. The van der Waals surface area contributed by atoms with Gasteiger partial charge in [0.2, 0.25) is 0 Å². The zero-order valence-electron chi connectivity index (χ0n) is 14.6. The Morgan fingerprint density at radius 2 is 1.96 bits per heavy atom. The van der Waals surface area contributed by atoms with Gasteiger partial charge in [-0.05, 0) is 12.1 Å². The molecule has 130 valence electrons. The van der Waals surface area contributed by atoms with Crippen LogP contribution in [0, 0.1) is 0 Å². The number of para-hydroxylation sites is 1. The summed E-state index contributed by atoms with van der Waals surface area (Å²) in [5.41, 5.74) is 8.09. The minimum atomic E-state index is -0.336. The van der Waals surface area contributed by atoms with E-state index >= 15 is 0 Å². The topological polar surface area (TPSA) is 94.2 Å². The van der Waals surface area contributed by atoms with Crippen LogP contribution in [0.1, 0.15) is 26.5 Å². The van der Waals surface area contributed by atoms with Gasteiger partial charge in [0.05, 0.1) is 18.0 Å². The minimum absolute atomic E-state index is 0.275. The number of methoxy groups -OCH3 is 1. The molecule has 0 aliphatic heterocycles. The van der Waals surface area contributed by atoms with Gasteiger partial charge in [0.15, 0.2) is 5.82 Å². The first-order valence-corrected chi connectivity index (χ1v) is 7.82. The highest BCUT2D eigenvalue weighted by Crippen LogP contribution is 2.34. The Balaban J connectivity index is 2.35. The van der Waals surface area contributed by atoms with Crippen LogP contribution in [0.3, 0.4) is 0 Å². The van der Waals surface area contributed by atoms with E-state index in [9.17, 15) is 4.79 Å². The second-order valence-electron chi connectivity index (χ2n) is 6.48. The molecule has 0 saturated carbocycles. The Morgan fingerprint density at radius 3 is 2.54 bits per heavy atom. The molecule has 0 radical (unpaired) electrons. The number of hydrogen-bond donors (Lipinski definition) is 3. The van der Waals surface area contributed by atoms with Crippen LogP contribution >= 0.6 is 0 Å². The fourth-order valence-corrected chi connectivity index (χ4v) is 2.27. The summed E-state index contributed by atoms with van der Waals surface area (Å²) < 4.78 is 6.57. The fourth-order valence-electron chi connectivity index (χ4n) is 2.27. The van der Waals surface area contributed by atoms with Gasteiger partial charge in [0.1, 0.15) is 5.69 Å². The Hall–Kier alpha value is -2.54. The maximum Gasteiger partial charge on any atom is 0.319 e.